The summed E-state index contributed by atoms with van der Waals surface area (Å²) in [7, 11) is -3.18. The average Bonchev–Trinajstić information content (AvgIpc) is 3.35. The first kappa shape index (κ1) is 21.4. The van der Waals surface area contributed by atoms with E-state index in [0.29, 0.717) is 28.4 Å². The predicted octanol–water partition coefficient (Wildman–Crippen LogP) is 3.30. The number of aryl methyl sites for hydroxylation is 1. The second-order valence-corrected chi connectivity index (χ2v) is 12.1. The van der Waals surface area contributed by atoms with Crippen molar-refractivity contribution in [3.63, 3.8) is 0 Å². The van der Waals surface area contributed by atoms with E-state index in [1.165, 1.54) is 4.90 Å². The highest BCUT2D eigenvalue weighted by Gasteiger charge is 2.46. The normalized spacial score (nSPS) is 24.5. The van der Waals surface area contributed by atoms with Crippen LogP contribution in [-0.2, 0) is 26.0 Å². The maximum absolute atomic E-state index is 13.5. The molecule has 1 atom stereocenters. The minimum Gasteiger partial charge on any atom is -0.303 e. The van der Waals surface area contributed by atoms with Gasteiger partial charge >= 0.3 is 0 Å². The van der Waals surface area contributed by atoms with Crippen molar-refractivity contribution < 1.29 is 18.0 Å². The summed E-state index contributed by atoms with van der Waals surface area (Å²) in [6.07, 6.45) is 0.363. The molecule has 2 aromatic carbocycles. The maximum Gasteiger partial charge on any atom is 0.267 e. The fourth-order valence-electron chi connectivity index (χ4n) is 4.36. The summed E-state index contributed by atoms with van der Waals surface area (Å²) < 4.78 is 24.2. The van der Waals surface area contributed by atoms with Crippen molar-refractivity contribution in [2.45, 2.75) is 25.9 Å². The summed E-state index contributed by atoms with van der Waals surface area (Å²) >= 11 is 6.53. The van der Waals surface area contributed by atoms with Crippen molar-refractivity contribution in [3.8, 4) is 0 Å². The Labute approximate surface area is 196 Å². The molecule has 2 saturated heterocycles. The van der Waals surface area contributed by atoms with E-state index in [2.05, 4.69) is 0 Å². The van der Waals surface area contributed by atoms with Gasteiger partial charge in [-0.15, -0.1) is 0 Å². The van der Waals surface area contributed by atoms with E-state index in [0.717, 1.165) is 28.6 Å². The number of para-hydroxylation sites is 1. The van der Waals surface area contributed by atoms with Gasteiger partial charge in [0.1, 0.15) is 4.32 Å². The number of sulfone groups is 1. The maximum atomic E-state index is 13.5. The van der Waals surface area contributed by atoms with Crippen molar-refractivity contribution in [2.75, 3.05) is 16.4 Å². The zero-order valence-corrected chi connectivity index (χ0v) is 19.7. The lowest BCUT2D eigenvalue weighted by Crippen LogP contribution is -2.39. The first-order valence-electron chi connectivity index (χ1n) is 10.2. The quantitative estimate of drug-likeness (QED) is 0.492. The number of carbonyl (C=O) groups is 2. The largest absolute Gasteiger partial charge is 0.303 e. The van der Waals surface area contributed by atoms with Gasteiger partial charge in [-0.3, -0.25) is 14.5 Å². The van der Waals surface area contributed by atoms with E-state index in [1.54, 1.807) is 4.90 Å². The molecule has 0 unspecified atom stereocenters. The van der Waals surface area contributed by atoms with Crippen molar-refractivity contribution in [3.05, 3.63) is 70.1 Å². The third-order valence-corrected chi connectivity index (χ3v) is 9.14. The van der Waals surface area contributed by atoms with Gasteiger partial charge < -0.3 is 4.90 Å². The molecule has 2 aromatic rings. The summed E-state index contributed by atoms with van der Waals surface area (Å²) in [5.41, 5.74) is 3.92. The number of fused-ring (bicyclic) bond motifs is 1. The standard InChI is InChI=1S/C23H20N2O4S3/c1-14-6-8-15(9-7-14)12-24-18-5-3-2-4-17(18)19(21(24)26)20-22(27)25(23(30)31-20)16-10-11-32(28,29)13-16/h2-9,16H,10-13H2,1H3/b20-19+/t16-/m1/s1. The van der Waals surface area contributed by atoms with Crippen LogP contribution >= 0.6 is 24.0 Å². The van der Waals surface area contributed by atoms with Crippen LogP contribution in [-0.4, -0.2) is 47.0 Å². The third kappa shape index (κ3) is 3.58. The number of hydrogen-bond acceptors (Lipinski definition) is 6. The number of nitrogens with zero attached hydrogens (tertiary/aromatic N) is 2. The number of carbonyl (C=O) groups excluding carboxylic acids is 2. The number of amides is 2. The molecule has 0 radical (unpaired) electrons. The number of hydrogen-bond donors (Lipinski definition) is 0. The summed E-state index contributed by atoms with van der Waals surface area (Å²) in [5.74, 6) is -0.664. The molecular weight excluding hydrogens is 464 g/mol. The Bertz CT molecular complexity index is 1300. The van der Waals surface area contributed by atoms with E-state index in [1.807, 2.05) is 55.5 Å². The highest BCUT2D eigenvalue weighted by atomic mass is 32.2. The predicted molar refractivity (Wildman–Crippen MR) is 130 cm³/mol. The van der Waals surface area contributed by atoms with Crippen LogP contribution in [0.5, 0.6) is 0 Å². The molecule has 9 heteroatoms. The molecule has 0 N–H and O–H groups in total. The average molecular weight is 485 g/mol. The van der Waals surface area contributed by atoms with E-state index < -0.39 is 15.9 Å². The van der Waals surface area contributed by atoms with Crippen LogP contribution in [0.2, 0.25) is 0 Å². The third-order valence-electron chi connectivity index (χ3n) is 5.98. The van der Waals surface area contributed by atoms with E-state index in [9.17, 15) is 18.0 Å². The van der Waals surface area contributed by atoms with Gasteiger partial charge in [-0.2, -0.15) is 0 Å². The number of rotatable bonds is 3. The summed E-state index contributed by atoms with van der Waals surface area (Å²) in [4.78, 5) is 30.3. The number of benzene rings is 2. The topological polar surface area (TPSA) is 74.8 Å². The van der Waals surface area contributed by atoms with Crippen LogP contribution in [0.25, 0.3) is 5.57 Å². The summed E-state index contributed by atoms with van der Waals surface area (Å²) in [6, 6.07) is 14.9. The fourth-order valence-corrected chi connectivity index (χ4v) is 7.53. The van der Waals surface area contributed by atoms with Gasteiger partial charge in [0.05, 0.1) is 40.3 Å². The Morgan fingerprint density at radius 2 is 1.78 bits per heavy atom. The van der Waals surface area contributed by atoms with Gasteiger partial charge in [0.25, 0.3) is 11.8 Å². The Morgan fingerprint density at radius 3 is 2.47 bits per heavy atom. The van der Waals surface area contributed by atoms with Crippen LogP contribution in [0.3, 0.4) is 0 Å². The Hall–Kier alpha value is -2.49. The van der Waals surface area contributed by atoms with Gasteiger partial charge in [0.2, 0.25) is 0 Å². The lowest BCUT2D eigenvalue weighted by molar-refractivity contribution is -0.123. The molecular formula is C23H20N2O4S3. The number of thioether (sulfide) groups is 1. The molecule has 0 spiro atoms. The minimum absolute atomic E-state index is 0.0483. The summed E-state index contributed by atoms with van der Waals surface area (Å²) in [5, 5.41) is 0. The van der Waals surface area contributed by atoms with Crippen LogP contribution < -0.4 is 4.90 Å². The van der Waals surface area contributed by atoms with E-state index in [-0.39, 0.29) is 28.2 Å². The monoisotopic (exact) mass is 484 g/mol. The SMILES string of the molecule is Cc1ccc(CN2C(=O)/C(=C3/SC(=S)N([C@@H]4CCS(=O)(=O)C4)C3=O)c3ccccc32)cc1. The Kier molecular flexibility index (Phi) is 5.22. The fraction of sp³-hybridized carbons (Fsp3) is 0.261. The van der Waals surface area contributed by atoms with Gasteiger partial charge in [-0.25, -0.2) is 8.42 Å². The van der Waals surface area contributed by atoms with Gasteiger partial charge in [-0.1, -0.05) is 72.0 Å². The van der Waals surface area contributed by atoms with Gasteiger partial charge in [-0.05, 0) is 25.0 Å². The molecule has 2 fully saturated rings. The molecule has 0 aliphatic carbocycles. The first-order valence-corrected chi connectivity index (χ1v) is 13.3. The second-order valence-electron chi connectivity index (χ2n) is 8.20. The number of thiocarbonyl (C=S) groups is 1. The molecule has 32 heavy (non-hydrogen) atoms. The van der Waals surface area contributed by atoms with Crippen LogP contribution in [0, 0.1) is 6.92 Å². The molecule has 3 heterocycles. The number of anilines is 1. The van der Waals surface area contributed by atoms with Crippen LogP contribution in [0.4, 0.5) is 5.69 Å². The smallest absolute Gasteiger partial charge is 0.267 e. The molecule has 164 valence electrons. The zero-order chi connectivity index (χ0) is 22.6. The lowest BCUT2D eigenvalue weighted by Gasteiger charge is -2.21. The van der Waals surface area contributed by atoms with Crippen molar-refractivity contribution in [1.82, 2.24) is 4.90 Å². The molecule has 0 aromatic heterocycles. The highest BCUT2D eigenvalue weighted by Crippen LogP contribution is 2.46. The van der Waals surface area contributed by atoms with Gasteiger partial charge in [0, 0.05) is 5.56 Å². The van der Waals surface area contributed by atoms with Crippen LogP contribution in [0.15, 0.2) is 53.4 Å². The molecule has 3 aliphatic rings. The molecule has 0 saturated carbocycles. The Balaban J connectivity index is 1.53. The molecule has 2 amide bonds. The summed E-state index contributed by atoms with van der Waals surface area (Å²) in [6.45, 7) is 2.40. The second kappa shape index (κ2) is 7.83. The molecule has 6 nitrogen and oxygen atoms in total. The van der Waals surface area contributed by atoms with Crippen molar-refractivity contribution >= 4 is 61.2 Å². The molecule has 0 bridgehead atoms. The van der Waals surface area contributed by atoms with Gasteiger partial charge in [0.15, 0.2) is 9.84 Å². The van der Waals surface area contributed by atoms with Crippen LogP contribution in [0.1, 0.15) is 23.1 Å². The van der Waals surface area contributed by atoms with Crippen molar-refractivity contribution in [1.29, 1.82) is 0 Å². The zero-order valence-electron chi connectivity index (χ0n) is 17.3. The Morgan fingerprint density at radius 1 is 1.06 bits per heavy atom. The lowest BCUT2D eigenvalue weighted by atomic mass is 10.1. The van der Waals surface area contributed by atoms with Crippen molar-refractivity contribution in [2.24, 2.45) is 0 Å². The minimum atomic E-state index is -3.18. The highest BCUT2D eigenvalue weighted by molar-refractivity contribution is 8.26. The molecule has 5 rings (SSSR count). The molecule has 3 aliphatic heterocycles. The van der Waals surface area contributed by atoms with E-state index in [4.69, 9.17) is 12.2 Å². The van der Waals surface area contributed by atoms with E-state index >= 15 is 0 Å². The first-order chi connectivity index (χ1) is 15.2.